The summed E-state index contributed by atoms with van der Waals surface area (Å²) in [4.78, 5) is 18.7. The third kappa shape index (κ3) is 2.44. The monoisotopic (exact) mass is 312 g/mol. The molecule has 3 N–H and O–H groups in total. The van der Waals surface area contributed by atoms with E-state index in [0.29, 0.717) is 17.0 Å². The minimum atomic E-state index is 0.179. The lowest BCUT2D eigenvalue weighted by Gasteiger charge is -2.23. The molecular weight excluding hydrogens is 292 g/mol. The number of aromatic amines is 1. The topological polar surface area (TPSA) is 102 Å². The summed E-state index contributed by atoms with van der Waals surface area (Å²) in [6.45, 7) is 3.93. The van der Waals surface area contributed by atoms with E-state index >= 15 is 0 Å². The third-order valence-electron chi connectivity index (χ3n) is 4.48. The highest BCUT2D eigenvalue weighted by atomic mass is 15.3. The maximum Gasteiger partial charge on any atom is 0.183 e. The van der Waals surface area contributed by atoms with Crippen LogP contribution in [0.4, 0.5) is 5.82 Å². The average Bonchev–Trinajstić information content (AvgIpc) is 3.20. The van der Waals surface area contributed by atoms with E-state index in [1.165, 1.54) is 5.56 Å². The molecule has 1 fully saturated rings. The first-order valence-electron chi connectivity index (χ1n) is 7.81. The Labute approximate surface area is 133 Å². The Kier molecular flexibility index (Phi) is 3.26. The van der Waals surface area contributed by atoms with Gasteiger partial charge in [-0.15, -0.1) is 0 Å². The number of rotatable bonds is 3. The van der Waals surface area contributed by atoms with Crippen molar-refractivity contribution in [1.82, 2.24) is 34.6 Å². The van der Waals surface area contributed by atoms with Gasteiger partial charge < -0.3 is 10.7 Å². The molecular formula is C15H20N8. The number of nitrogens with two attached hydrogens (primary N) is 1. The fourth-order valence-electron chi connectivity index (χ4n) is 3.35. The normalized spacial score (nSPS) is 19.0. The molecule has 0 aliphatic carbocycles. The molecule has 3 aromatic rings. The molecule has 1 atom stereocenters. The molecule has 1 aliphatic rings. The maximum absolute atomic E-state index is 6.04. The van der Waals surface area contributed by atoms with Crippen LogP contribution in [0.25, 0.3) is 11.2 Å². The highest BCUT2D eigenvalue weighted by Gasteiger charge is 2.29. The summed E-state index contributed by atoms with van der Waals surface area (Å²) < 4.78 is 1.86. The van der Waals surface area contributed by atoms with Gasteiger partial charge in [0.25, 0.3) is 0 Å². The van der Waals surface area contributed by atoms with E-state index in [4.69, 9.17) is 5.73 Å². The smallest absolute Gasteiger partial charge is 0.183 e. The molecule has 4 rings (SSSR count). The van der Waals surface area contributed by atoms with Gasteiger partial charge in [-0.25, -0.2) is 15.0 Å². The molecule has 4 heterocycles. The first-order valence-corrected chi connectivity index (χ1v) is 7.81. The minimum absolute atomic E-state index is 0.179. The Morgan fingerprint density at radius 3 is 3.04 bits per heavy atom. The standard InChI is InChI=1S/C15H20N8/c1-9-10(6-22(2)21-9)7-23-5-3-4-11(23)14-19-13(16)12-15(20-14)18-8-17-12/h6,8,11H,3-5,7H2,1-2H3,(H3,16,17,18,19,20). The summed E-state index contributed by atoms with van der Waals surface area (Å²) in [6.07, 6.45) is 5.85. The van der Waals surface area contributed by atoms with Crippen molar-refractivity contribution in [3.05, 3.63) is 29.6 Å². The van der Waals surface area contributed by atoms with Crippen molar-refractivity contribution < 1.29 is 0 Å². The number of imidazole rings is 1. The number of H-pyrrole nitrogens is 1. The van der Waals surface area contributed by atoms with Crippen LogP contribution >= 0.6 is 0 Å². The predicted octanol–water partition coefficient (Wildman–Crippen LogP) is 1.31. The number of aromatic nitrogens is 6. The van der Waals surface area contributed by atoms with Gasteiger partial charge in [0.1, 0.15) is 5.52 Å². The molecule has 8 nitrogen and oxygen atoms in total. The second-order valence-corrected chi connectivity index (χ2v) is 6.11. The van der Waals surface area contributed by atoms with Gasteiger partial charge in [0, 0.05) is 25.4 Å². The summed E-state index contributed by atoms with van der Waals surface area (Å²) in [5, 5.41) is 4.42. The van der Waals surface area contributed by atoms with E-state index in [0.717, 1.165) is 37.4 Å². The molecule has 0 saturated carbocycles. The number of fused-ring (bicyclic) bond motifs is 1. The minimum Gasteiger partial charge on any atom is -0.382 e. The lowest BCUT2D eigenvalue weighted by molar-refractivity contribution is 0.240. The third-order valence-corrected chi connectivity index (χ3v) is 4.48. The zero-order valence-corrected chi connectivity index (χ0v) is 13.3. The van der Waals surface area contributed by atoms with Crippen LogP contribution in [0.1, 0.15) is 36.0 Å². The van der Waals surface area contributed by atoms with Crippen LogP contribution in [-0.2, 0) is 13.6 Å². The van der Waals surface area contributed by atoms with Gasteiger partial charge in [-0.1, -0.05) is 0 Å². The van der Waals surface area contributed by atoms with E-state index < -0.39 is 0 Å². The molecule has 0 bridgehead atoms. The Balaban J connectivity index is 1.65. The maximum atomic E-state index is 6.04. The van der Waals surface area contributed by atoms with E-state index in [1.807, 2.05) is 18.7 Å². The predicted molar refractivity (Wildman–Crippen MR) is 86.4 cm³/mol. The molecule has 8 heteroatoms. The number of nitrogens with one attached hydrogen (secondary N) is 1. The van der Waals surface area contributed by atoms with Crippen LogP contribution in [0.3, 0.4) is 0 Å². The number of hydrogen-bond acceptors (Lipinski definition) is 6. The molecule has 0 amide bonds. The first kappa shape index (κ1) is 14.1. The molecule has 120 valence electrons. The Morgan fingerprint density at radius 2 is 2.26 bits per heavy atom. The molecule has 0 spiro atoms. The van der Waals surface area contributed by atoms with Crippen molar-refractivity contribution in [3.8, 4) is 0 Å². The first-order chi connectivity index (χ1) is 11.1. The molecule has 0 aromatic carbocycles. The van der Waals surface area contributed by atoms with Gasteiger partial charge in [-0.05, 0) is 26.3 Å². The Morgan fingerprint density at radius 1 is 1.39 bits per heavy atom. The van der Waals surface area contributed by atoms with Crippen LogP contribution in [0.2, 0.25) is 0 Å². The second kappa shape index (κ2) is 5.31. The summed E-state index contributed by atoms with van der Waals surface area (Å²) in [7, 11) is 1.95. The molecule has 1 aliphatic heterocycles. The van der Waals surface area contributed by atoms with Crippen molar-refractivity contribution in [2.45, 2.75) is 32.4 Å². The van der Waals surface area contributed by atoms with Crippen LogP contribution < -0.4 is 5.73 Å². The van der Waals surface area contributed by atoms with Gasteiger partial charge in [-0.3, -0.25) is 9.58 Å². The number of hydrogen-bond donors (Lipinski definition) is 2. The van der Waals surface area contributed by atoms with E-state index in [-0.39, 0.29) is 6.04 Å². The SMILES string of the molecule is Cc1nn(C)cc1CN1CCCC1c1nc(N)c2[nH]cnc2n1. The van der Waals surface area contributed by atoms with Crippen LogP contribution in [0.15, 0.2) is 12.5 Å². The Bertz CT molecular complexity index is 848. The quantitative estimate of drug-likeness (QED) is 0.756. The van der Waals surface area contributed by atoms with Gasteiger partial charge in [-0.2, -0.15) is 5.10 Å². The molecule has 23 heavy (non-hydrogen) atoms. The zero-order valence-electron chi connectivity index (χ0n) is 13.3. The highest BCUT2D eigenvalue weighted by molar-refractivity contribution is 5.80. The number of aryl methyl sites for hydroxylation is 2. The van der Waals surface area contributed by atoms with Crippen molar-refractivity contribution >= 4 is 17.0 Å². The van der Waals surface area contributed by atoms with Gasteiger partial charge in [0.2, 0.25) is 0 Å². The van der Waals surface area contributed by atoms with Crippen molar-refractivity contribution in [1.29, 1.82) is 0 Å². The number of likely N-dealkylation sites (tertiary alicyclic amines) is 1. The van der Waals surface area contributed by atoms with Crippen molar-refractivity contribution in [2.24, 2.45) is 7.05 Å². The van der Waals surface area contributed by atoms with Crippen LogP contribution in [-0.4, -0.2) is 41.2 Å². The molecule has 3 aromatic heterocycles. The van der Waals surface area contributed by atoms with Crippen LogP contribution in [0, 0.1) is 6.92 Å². The van der Waals surface area contributed by atoms with E-state index in [9.17, 15) is 0 Å². The highest BCUT2D eigenvalue weighted by Crippen LogP contribution is 2.32. The molecule has 0 radical (unpaired) electrons. The van der Waals surface area contributed by atoms with Crippen molar-refractivity contribution in [2.75, 3.05) is 12.3 Å². The van der Waals surface area contributed by atoms with Gasteiger partial charge in [0.15, 0.2) is 17.3 Å². The zero-order chi connectivity index (χ0) is 16.0. The number of nitrogens with zero attached hydrogens (tertiary/aromatic N) is 6. The lowest BCUT2D eigenvalue weighted by Crippen LogP contribution is -2.24. The number of nitrogen functional groups attached to an aromatic ring is 1. The summed E-state index contributed by atoms with van der Waals surface area (Å²) in [5.74, 6) is 1.23. The fraction of sp³-hybridized carbons (Fsp3) is 0.467. The fourth-order valence-corrected chi connectivity index (χ4v) is 3.35. The molecule has 1 unspecified atom stereocenters. The largest absolute Gasteiger partial charge is 0.382 e. The second-order valence-electron chi connectivity index (χ2n) is 6.11. The summed E-state index contributed by atoms with van der Waals surface area (Å²) in [6, 6.07) is 0.179. The van der Waals surface area contributed by atoms with Crippen LogP contribution in [0.5, 0.6) is 0 Å². The number of anilines is 1. The van der Waals surface area contributed by atoms with Gasteiger partial charge in [0.05, 0.1) is 18.1 Å². The average molecular weight is 312 g/mol. The summed E-state index contributed by atoms with van der Waals surface area (Å²) >= 11 is 0. The van der Waals surface area contributed by atoms with E-state index in [2.05, 4.69) is 36.1 Å². The Hall–Kier alpha value is -2.48. The van der Waals surface area contributed by atoms with Crippen molar-refractivity contribution in [3.63, 3.8) is 0 Å². The lowest BCUT2D eigenvalue weighted by atomic mass is 10.2. The van der Waals surface area contributed by atoms with E-state index in [1.54, 1.807) is 6.33 Å². The van der Waals surface area contributed by atoms with Gasteiger partial charge >= 0.3 is 0 Å². The summed E-state index contributed by atoms with van der Waals surface area (Å²) in [5.41, 5.74) is 9.70. The molecule has 1 saturated heterocycles.